The molecule has 0 spiro atoms. The van der Waals surface area contributed by atoms with Gasteiger partial charge in [-0.2, -0.15) is 0 Å². The quantitative estimate of drug-likeness (QED) is 0.824. The fourth-order valence-corrected chi connectivity index (χ4v) is 2.85. The molecule has 1 aromatic rings. The highest BCUT2D eigenvalue weighted by atomic mass is 79.9. The summed E-state index contributed by atoms with van der Waals surface area (Å²) in [6.07, 6.45) is 7.78. The van der Waals surface area contributed by atoms with E-state index in [1.54, 1.807) is 0 Å². The van der Waals surface area contributed by atoms with Gasteiger partial charge in [-0.1, -0.05) is 13.8 Å². The van der Waals surface area contributed by atoms with E-state index in [1.165, 1.54) is 37.9 Å². The average molecular weight is 297 g/mol. The van der Waals surface area contributed by atoms with Gasteiger partial charge in [-0.3, -0.25) is 9.88 Å². The van der Waals surface area contributed by atoms with E-state index in [-0.39, 0.29) is 0 Å². The van der Waals surface area contributed by atoms with Crippen molar-refractivity contribution < 1.29 is 0 Å². The summed E-state index contributed by atoms with van der Waals surface area (Å²) in [5, 5.41) is 0. The Kier molecular flexibility index (Phi) is 4.21. The first-order valence-electron chi connectivity index (χ1n) is 6.37. The molecule has 0 saturated carbocycles. The first kappa shape index (κ1) is 13.0. The van der Waals surface area contributed by atoms with Crippen molar-refractivity contribution >= 4 is 15.9 Å². The minimum absolute atomic E-state index is 0.518. The molecule has 0 aromatic carbocycles. The Labute approximate surface area is 113 Å². The number of nitrogens with zero attached hydrogens (tertiary/aromatic N) is 2. The maximum atomic E-state index is 4.23. The largest absolute Gasteiger partial charge is 0.299 e. The molecule has 0 bridgehead atoms. The van der Waals surface area contributed by atoms with Gasteiger partial charge in [0.15, 0.2) is 0 Å². The van der Waals surface area contributed by atoms with Gasteiger partial charge in [-0.05, 0) is 65.3 Å². The Balaban J connectivity index is 1.95. The summed E-state index contributed by atoms with van der Waals surface area (Å²) in [7, 11) is 0. The molecule has 17 heavy (non-hydrogen) atoms. The van der Waals surface area contributed by atoms with E-state index in [4.69, 9.17) is 0 Å². The van der Waals surface area contributed by atoms with Crippen LogP contribution in [0, 0.1) is 5.41 Å². The van der Waals surface area contributed by atoms with Crippen LogP contribution < -0.4 is 0 Å². The molecule has 1 aliphatic heterocycles. The van der Waals surface area contributed by atoms with Crippen molar-refractivity contribution in [2.24, 2.45) is 5.41 Å². The van der Waals surface area contributed by atoms with E-state index < -0.39 is 0 Å². The molecule has 1 aliphatic rings. The highest BCUT2D eigenvalue weighted by Gasteiger charge is 2.22. The maximum absolute atomic E-state index is 4.23. The number of halogens is 1. The van der Waals surface area contributed by atoms with E-state index >= 15 is 0 Å². The van der Waals surface area contributed by atoms with Crippen molar-refractivity contribution in [2.45, 2.75) is 39.7 Å². The van der Waals surface area contributed by atoms with E-state index in [0.717, 1.165) is 11.0 Å². The van der Waals surface area contributed by atoms with Gasteiger partial charge in [0.2, 0.25) is 0 Å². The van der Waals surface area contributed by atoms with Crippen molar-refractivity contribution in [1.82, 2.24) is 9.88 Å². The molecule has 0 aliphatic carbocycles. The molecule has 94 valence electrons. The third-order valence-corrected chi connectivity index (χ3v) is 4.03. The smallest absolute Gasteiger partial charge is 0.0410 e. The van der Waals surface area contributed by atoms with Gasteiger partial charge in [0.05, 0.1) is 0 Å². The lowest BCUT2D eigenvalue weighted by Crippen LogP contribution is -2.25. The standard InChI is InChI=1S/C14H21BrN2/c1-14(2)4-3-6-17(7-5-14)11-12-8-13(15)10-16-9-12/h8-10H,3-7,11H2,1-2H3. The van der Waals surface area contributed by atoms with E-state index in [2.05, 4.69) is 45.7 Å². The van der Waals surface area contributed by atoms with Crippen LogP contribution in [0.15, 0.2) is 22.9 Å². The first-order valence-corrected chi connectivity index (χ1v) is 7.16. The predicted molar refractivity (Wildman–Crippen MR) is 74.8 cm³/mol. The number of pyridine rings is 1. The molecule has 1 saturated heterocycles. The second-order valence-electron chi connectivity index (χ2n) is 5.81. The Morgan fingerprint density at radius 2 is 2.12 bits per heavy atom. The van der Waals surface area contributed by atoms with Crippen LogP contribution in [0.25, 0.3) is 0 Å². The van der Waals surface area contributed by atoms with Crippen molar-refractivity contribution in [3.8, 4) is 0 Å². The van der Waals surface area contributed by atoms with E-state index in [9.17, 15) is 0 Å². The van der Waals surface area contributed by atoms with Crippen LogP contribution in [0.3, 0.4) is 0 Å². The Morgan fingerprint density at radius 3 is 2.88 bits per heavy atom. The molecule has 2 rings (SSSR count). The Morgan fingerprint density at radius 1 is 1.29 bits per heavy atom. The van der Waals surface area contributed by atoms with Gasteiger partial charge in [-0.25, -0.2) is 0 Å². The number of likely N-dealkylation sites (tertiary alicyclic amines) is 1. The van der Waals surface area contributed by atoms with Gasteiger partial charge >= 0.3 is 0 Å². The second kappa shape index (κ2) is 5.49. The predicted octanol–water partition coefficient (Wildman–Crippen LogP) is 3.86. The monoisotopic (exact) mass is 296 g/mol. The van der Waals surface area contributed by atoms with Crippen LogP contribution in [0.1, 0.15) is 38.7 Å². The molecule has 0 atom stereocenters. The lowest BCUT2D eigenvalue weighted by molar-refractivity contribution is 0.255. The van der Waals surface area contributed by atoms with Gasteiger partial charge in [-0.15, -0.1) is 0 Å². The summed E-state index contributed by atoms with van der Waals surface area (Å²) >= 11 is 3.48. The first-order chi connectivity index (χ1) is 8.05. The van der Waals surface area contributed by atoms with Gasteiger partial charge in [0, 0.05) is 23.4 Å². The summed E-state index contributed by atoms with van der Waals surface area (Å²) in [5.74, 6) is 0. The topological polar surface area (TPSA) is 16.1 Å². The van der Waals surface area contributed by atoms with Crippen LogP contribution in [0.5, 0.6) is 0 Å². The molecule has 1 aromatic heterocycles. The molecular weight excluding hydrogens is 276 g/mol. The zero-order valence-electron chi connectivity index (χ0n) is 10.7. The molecule has 0 radical (unpaired) electrons. The van der Waals surface area contributed by atoms with Crippen LogP contribution in [0.2, 0.25) is 0 Å². The third-order valence-electron chi connectivity index (χ3n) is 3.60. The lowest BCUT2D eigenvalue weighted by atomic mass is 9.85. The molecule has 0 unspecified atom stereocenters. The number of hydrogen-bond acceptors (Lipinski definition) is 2. The zero-order valence-corrected chi connectivity index (χ0v) is 12.3. The number of aromatic nitrogens is 1. The fraction of sp³-hybridized carbons (Fsp3) is 0.643. The molecule has 0 amide bonds. The molecule has 2 heterocycles. The van der Waals surface area contributed by atoms with Crippen molar-refractivity contribution in [2.75, 3.05) is 13.1 Å². The minimum atomic E-state index is 0.518. The summed E-state index contributed by atoms with van der Waals surface area (Å²) in [4.78, 5) is 6.78. The van der Waals surface area contributed by atoms with Gasteiger partial charge < -0.3 is 0 Å². The van der Waals surface area contributed by atoms with Crippen molar-refractivity contribution in [3.63, 3.8) is 0 Å². The van der Waals surface area contributed by atoms with Crippen molar-refractivity contribution in [3.05, 3.63) is 28.5 Å². The van der Waals surface area contributed by atoms with E-state index in [1.807, 2.05) is 12.4 Å². The van der Waals surface area contributed by atoms with Crippen LogP contribution in [-0.4, -0.2) is 23.0 Å². The molecule has 2 nitrogen and oxygen atoms in total. The highest BCUT2D eigenvalue weighted by Crippen LogP contribution is 2.30. The molecule has 0 N–H and O–H groups in total. The fourth-order valence-electron chi connectivity index (χ4n) is 2.44. The molecule has 1 fully saturated rings. The van der Waals surface area contributed by atoms with Crippen LogP contribution >= 0.6 is 15.9 Å². The van der Waals surface area contributed by atoms with E-state index in [0.29, 0.717) is 5.41 Å². The molecular formula is C14H21BrN2. The van der Waals surface area contributed by atoms with Gasteiger partial charge in [0.1, 0.15) is 0 Å². The normalized spacial score (nSPS) is 21.1. The second-order valence-corrected chi connectivity index (χ2v) is 6.72. The summed E-state index contributed by atoms with van der Waals surface area (Å²) in [6.45, 7) is 8.23. The minimum Gasteiger partial charge on any atom is -0.299 e. The lowest BCUT2D eigenvalue weighted by Gasteiger charge is -2.23. The summed E-state index contributed by atoms with van der Waals surface area (Å²) < 4.78 is 1.07. The Hall–Kier alpha value is -0.410. The third kappa shape index (κ3) is 4.07. The number of hydrogen-bond donors (Lipinski definition) is 0. The van der Waals surface area contributed by atoms with Crippen molar-refractivity contribution in [1.29, 1.82) is 0 Å². The SMILES string of the molecule is CC1(C)CCCN(Cc2cncc(Br)c2)CC1. The van der Waals surface area contributed by atoms with Gasteiger partial charge in [0.25, 0.3) is 0 Å². The Bertz CT molecular complexity index is 376. The maximum Gasteiger partial charge on any atom is 0.0410 e. The van der Waals surface area contributed by atoms with Crippen LogP contribution in [0.4, 0.5) is 0 Å². The summed E-state index contributed by atoms with van der Waals surface area (Å²) in [6, 6.07) is 2.17. The summed E-state index contributed by atoms with van der Waals surface area (Å²) in [5.41, 5.74) is 1.82. The zero-order chi connectivity index (χ0) is 12.3. The average Bonchev–Trinajstić information content (AvgIpc) is 2.41. The molecule has 3 heteroatoms. The number of rotatable bonds is 2. The van der Waals surface area contributed by atoms with Crippen LogP contribution in [-0.2, 0) is 6.54 Å². The highest BCUT2D eigenvalue weighted by molar-refractivity contribution is 9.10.